The number of methoxy groups -OCH3 is 1. The van der Waals surface area contributed by atoms with Crippen LogP contribution in [0.5, 0.6) is 0 Å². The summed E-state index contributed by atoms with van der Waals surface area (Å²) in [6, 6.07) is 7.89. The maximum absolute atomic E-state index is 11.1. The van der Waals surface area contributed by atoms with E-state index >= 15 is 0 Å². The van der Waals surface area contributed by atoms with E-state index in [1.54, 1.807) is 19.9 Å². The number of carboxylic acid groups (broad SMARTS) is 1. The Morgan fingerprint density at radius 3 is 2.56 bits per heavy atom. The van der Waals surface area contributed by atoms with Crippen LogP contribution in [0, 0.1) is 0 Å². The third-order valence-corrected chi connectivity index (χ3v) is 3.43. The molecule has 0 spiro atoms. The smallest absolute Gasteiger partial charge is 0.322 e. The number of fused-ring (bicyclic) bond motifs is 1. The average Bonchev–Trinajstić information content (AvgIpc) is 3.02. The number of carboxylic acids is 1. The number of amides is 1. The summed E-state index contributed by atoms with van der Waals surface area (Å²) in [6.45, 7) is 3.01. The monoisotopic (exact) mass is 346 g/mol. The first-order valence-electron chi connectivity index (χ1n) is 7.63. The van der Waals surface area contributed by atoms with Crippen molar-refractivity contribution in [2.75, 3.05) is 13.7 Å². The van der Waals surface area contributed by atoms with E-state index in [-0.39, 0.29) is 18.4 Å². The van der Waals surface area contributed by atoms with Gasteiger partial charge in [0.25, 0.3) is 0 Å². The number of aliphatic carboxylic acids is 1. The van der Waals surface area contributed by atoms with Gasteiger partial charge in [0, 0.05) is 22.7 Å². The molecule has 0 aliphatic rings. The molecule has 7 nitrogen and oxygen atoms in total. The molecular weight excluding hydrogens is 324 g/mol. The number of nitrogens with one attached hydrogen (secondary N) is 2. The van der Waals surface area contributed by atoms with Gasteiger partial charge in [0.2, 0.25) is 5.91 Å². The van der Waals surface area contributed by atoms with E-state index in [2.05, 4.69) is 15.0 Å². The molecule has 0 saturated heterocycles. The number of hydrogen-bond donors (Lipinski definition) is 3. The Bertz CT molecular complexity index is 777. The van der Waals surface area contributed by atoms with Gasteiger partial charge in [0.05, 0.1) is 13.5 Å². The summed E-state index contributed by atoms with van der Waals surface area (Å²) in [6.07, 6.45) is 3.79. The Morgan fingerprint density at radius 1 is 1.28 bits per heavy atom. The fourth-order valence-electron chi connectivity index (χ4n) is 1.93. The Balaban J connectivity index is 0.000000260. The number of ether oxygens (including phenoxy) is 1. The molecule has 7 heteroatoms. The summed E-state index contributed by atoms with van der Waals surface area (Å²) < 4.78 is 4.62. The first-order chi connectivity index (χ1) is 11.9. The van der Waals surface area contributed by atoms with Gasteiger partial charge in [-0.2, -0.15) is 0 Å². The molecule has 1 aromatic heterocycles. The zero-order valence-corrected chi connectivity index (χ0v) is 14.5. The molecule has 0 fully saturated rings. The van der Waals surface area contributed by atoms with Crippen LogP contribution in [0.4, 0.5) is 0 Å². The number of carbonyl (C=O) groups is 3. The van der Waals surface area contributed by atoms with Gasteiger partial charge in [-0.1, -0.05) is 24.3 Å². The van der Waals surface area contributed by atoms with E-state index in [0.29, 0.717) is 12.0 Å². The maximum Gasteiger partial charge on any atom is 0.322 e. The van der Waals surface area contributed by atoms with Crippen LogP contribution < -0.4 is 5.32 Å². The largest absolute Gasteiger partial charge is 0.480 e. The van der Waals surface area contributed by atoms with Gasteiger partial charge in [0.1, 0.15) is 6.54 Å². The van der Waals surface area contributed by atoms with E-state index < -0.39 is 5.97 Å². The number of carbonyl (C=O) groups excluding carboxylic acids is 2. The predicted molar refractivity (Wildman–Crippen MR) is 94.1 cm³/mol. The number of H-pyrrole nitrogens is 1. The standard InChI is InChI=1S/C11H11NO2.C7H11NO3/c1-14-11(13)6-8-7-12-10-5-3-2-4-9(8)10;1-3-5(2)7(11)8-4-6(9)10/h2-5,7,12H,6H2,1H3;3H,4H2,1-2H3,(H,8,11)(H,9,10)/b;5-3+. The molecule has 3 N–H and O–H groups in total. The number of allylic oxidation sites excluding steroid dienone is 1. The highest BCUT2D eigenvalue weighted by molar-refractivity contribution is 5.94. The Morgan fingerprint density at radius 2 is 1.96 bits per heavy atom. The lowest BCUT2D eigenvalue weighted by Gasteiger charge is -1.99. The van der Waals surface area contributed by atoms with E-state index in [1.807, 2.05) is 30.5 Å². The summed E-state index contributed by atoms with van der Waals surface area (Å²) in [5.74, 6) is -1.59. The van der Waals surface area contributed by atoms with E-state index in [1.165, 1.54) is 7.11 Å². The number of hydrogen-bond acceptors (Lipinski definition) is 4. The molecule has 0 saturated carbocycles. The van der Waals surface area contributed by atoms with Crippen LogP contribution in [0.2, 0.25) is 0 Å². The zero-order chi connectivity index (χ0) is 18.8. The zero-order valence-electron chi connectivity index (χ0n) is 14.5. The van der Waals surface area contributed by atoms with Crippen molar-refractivity contribution in [2.24, 2.45) is 0 Å². The van der Waals surface area contributed by atoms with Crippen LogP contribution in [-0.4, -0.2) is 41.6 Å². The second kappa shape index (κ2) is 9.92. The topological polar surface area (TPSA) is 108 Å². The van der Waals surface area contributed by atoms with Crippen molar-refractivity contribution >= 4 is 28.7 Å². The van der Waals surface area contributed by atoms with Crippen molar-refractivity contribution in [3.05, 3.63) is 47.7 Å². The molecule has 1 amide bonds. The molecule has 0 aliphatic heterocycles. The molecular formula is C18H22N2O5. The highest BCUT2D eigenvalue weighted by Gasteiger charge is 2.07. The van der Waals surface area contributed by atoms with Gasteiger partial charge >= 0.3 is 11.9 Å². The average molecular weight is 346 g/mol. The number of rotatable bonds is 5. The highest BCUT2D eigenvalue weighted by Crippen LogP contribution is 2.18. The third-order valence-electron chi connectivity index (χ3n) is 3.43. The number of aromatic nitrogens is 1. The molecule has 0 atom stereocenters. The lowest BCUT2D eigenvalue weighted by molar-refractivity contribution is -0.140. The quantitative estimate of drug-likeness (QED) is 0.567. The van der Waals surface area contributed by atoms with Crippen molar-refractivity contribution in [3.8, 4) is 0 Å². The second-order valence-electron chi connectivity index (χ2n) is 5.16. The van der Waals surface area contributed by atoms with Gasteiger partial charge < -0.3 is 20.1 Å². The van der Waals surface area contributed by atoms with Crippen LogP contribution in [0.3, 0.4) is 0 Å². The molecule has 0 aliphatic carbocycles. The molecule has 2 rings (SSSR count). The first-order valence-corrected chi connectivity index (χ1v) is 7.63. The minimum Gasteiger partial charge on any atom is -0.480 e. The normalized spacial score (nSPS) is 10.6. The van der Waals surface area contributed by atoms with Crippen LogP contribution in [0.25, 0.3) is 10.9 Å². The van der Waals surface area contributed by atoms with Crippen molar-refractivity contribution < 1.29 is 24.2 Å². The van der Waals surface area contributed by atoms with Gasteiger partial charge in [-0.3, -0.25) is 14.4 Å². The predicted octanol–water partition coefficient (Wildman–Crippen LogP) is 2.04. The molecule has 1 aromatic carbocycles. The van der Waals surface area contributed by atoms with Gasteiger partial charge in [-0.25, -0.2) is 0 Å². The Labute approximate surface area is 145 Å². The molecule has 2 aromatic rings. The minimum absolute atomic E-state index is 0.213. The summed E-state index contributed by atoms with van der Waals surface area (Å²) in [7, 11) is 1.40. The second-order valence-corrected chi connectivity index (χ2v) is 5.16. The van der Waals surface area contributed by atoms with Crippen molar-refractivity contribution in [2.45, 2.75) is 20.3 Å². The Kier molecular flexibility index (Phi) is 7.92. The lowest BCUT2D eigenvalue weighted by Crippen LogP contribution is -2.29. The SMILES string of the molecule is C/C=C(\C)C(=O)NCC(=O)O.COC(=O)Cc1c[nH]c2ccccc12. The first kappa shape index (κ1) is 20.0. The van der Waals surface area contributed by atoms with Gasteiger partial charge in [0.15, 0.2) is 0 Å². The van der Waals surface area contributed by atoms with Crippen molar-refractivity contribution in [1.82, 2.24) is 10.3 Å². The van der Waals surface area contributed by atoms with Gasteiger partial charge in [-0.15, -0.1) is 0 Å². The number of aromatic amines is 1. The van der Waals surface area contributed by atoms with Crippen molar-refractivity contribution in [3.63, 3.8) is 0 Å². The molecule has 0 radical (unpaired) electrons. The fraction of sp³-hybridized carbons (Fsp3) is 0.278. The van der Waals surface area contributed by atoms with Gasteiger partial charge in [-0.05, 0) is 25.5 Å². The number of para-hydroxylation sites is 1. The van der Waals surface area contributed by atoms with Crippen molar-refractivity contribution in [1.29, 1.82) is 0 Å². The molecule has 0 bridgehead atoms. The third kappa shape index (κ3) is 6.50. The molecule has 25 heavy (non-hydrogen) atoms. The summed E-state index contributed by atoms with van der Waals surface area (Å²) in [5, 5.41) is 11.5. The fourth-order valence-corrected chi connectivity index (χ4v) is 1.93. The maximum atomic E-state index is 11.1. The minimum atomic E-state index is -1.04. The van der Waals surface area contributed by atoms with Crippen LogP contribution >= 0.6 is 0 Å². The van der Waals surface area contributed by atoms with Crippen LogP contribution in [0.1, 0.15) is 19.4 Å². The Hall–Kier alpha value is -3.09. The molecule has 134 valence electrons. The molecule has 0 unspecified atom stereocenters. The summed E-state index contributed by atoms with van der Waals surface area (Å²) >= 11 is 0. The molecule has 1 heterocycles. The van der Waals surface area contributed by atoms with E-state index in [0.717, 1.165) is 16.5 Å². The number of esters is 1. The van der Waals surface area contributed by atoms with E-state index in [9.17, 15) is 14.4 Å². The summed E-state index contributed by atoms with van der Waals surface area (Å²) in [5.41, 5.74) is 2.55. The number of benzene rings is 1. The van der Waals surface area contributed by atoms with Crippen LogP contribution in [0.15, 0.2) is 42.1 Å². The van der Waals surface area contributed by atoms with E-state index in [4.69, 9.17) is 5.11 Å². The van der Waals surface area contributed by atoms with Crippen LogP contribution in [-0.2, 0) is 25.5 Å². The highest BCUT2D eigenvalue weighted by atomic mass is 16.5. The summed E-state index contributed by atoms with van der Waals surface area (Å²) in [4.78, 5) is 35.0. The lowest BCUT2D eigenvalue weighted by atomic mass is 10.1.